The van der Waals surface area contributed by atoms with E-state index >= 15 is 0 Å². The highest BCUT2D eigenvalue weighted by atomic mass is 16.2. The topological polar surface area (TPSA) is 40.6 Å². The molecule has 0 spiro atoms. The summed E-state index contributed by atoms with van der Waals surface area (Å²) in [5.41, 5.74) is 3.61. The molecule has 2 heterocycles. The summed E-state index contributed by atoms with van der Waals surface area (Å²) in [6, 6.07) is 6.56. The fraction of sp³-hybridized carbons (Fsp3) is 0.600. The van der Waals surface area contributed by atoms with Crippen LogP contribution in [0.5, 0.6) is 0 Å². The first kappa shape index (κ1) is 15.7. The molecule has 2 amide bonds. The third kappa shape index (κ3) is 2.72. The number of carbonyl (C=O) groups excluding carboxylic acids is 2. The molecule has 4 nitrogen and oxygen atoms in total. The molecule has 1 aliphatic carbocycles. The Bertz CT molecular complexity index is 670. The highest BCUT2D eigenvalue weighted by Crippen LogP contribution is 2.31. The molecule has 128 valence electrons. The molecular formula is C20H26N2O2. The van der Waals surface area contributed by atoms with Gasteiger partial charge in [0.1, 0.15) is 0 Å². The van der Waals surface area contributed by atoms with Crippen molar-refractivity contribution in [3.8, 4) is 0 Å². The number of piperidine rings is 1. The van der Waals surface area contributed by atoms with Crippen molar-refractivity contribution in [3.63, 3.8) is 0 Å². The third-order valence-electron chi connectivity index (χ3n) is 6.18. The van der Waals surface area contributed by atoms with Crippen molar-refractivity contribution in [3.05, 3.63) is 34.9 Å². The Labute approximate surface area is 143 Å². The highest BCUT2D eigenvalue weighted by molar-refractivity contribution is 5.94. The van der Waals surface area contributed by atoms with Crippen LogP contribution in [0.2, 0.25) is 0 Å². The van der Waals surface area contributed by atoms with Gasteiger partial charge < -0.3 is 9.80 Å². The molecular weight excluding hydrogens is 300 g/mol. The minimum Gasteiger partial charge on any atom is -0.342 e. The number of rotatable bonds is 1. The van der Waals surface area contributed by atoms with E-state index in [0.717, 1.165) is 50.8 Å². The van der Waals surface area contributed by atoms with Gasteiger partial charge in [0.05, 0.1) is 0 Å². The van der Waals surface area contributed by atoms with E-state index in [-0.39, 0.29) is 11.8 Å². The van der Waals surface area contributed by atoms with Gasteiger partial charge in [-0.15, -0.1) is 0 Å². The number of hydrogen-bond donors (Lipinski definition) is 0. The van der Waals surface area contributed by atoms with Crippen molar-refractivity contribution in [2.45, 2.75) is 51.0 Å². The predicted molar refractivity (Wildman–Crippen MR) is 92.9 cm³/mol. The lowest BCUT2D eigenvalue weighted by Crippen LogP contribution is -2.51. The predicted octanol–water partition coefficient (Wildman–Crippen LogP) is 2.65. The molecule has 2 atom stereocenters. The number of benzene rings is 1. The summed E-state index contributed by atoms with van der Waals surface area (Å²) in [6.45, 7) is 1.55. The molecule has 2 fully saturated rings. The van der Waals surface area contributed by atoms with Crippen LogP contribution >= 0.6 is 0 Å². The maximum Gasteiger partial charge on any atom is 0.253 e. The zero-order valence-electron chi connectivity index (χ0n) is 14.5. The smallest absolute Gasteiger partial charge is 0.253 e. The number of aryl methyl sites for hydroxylation is 2. The molecule has 3 aliphatic rings. The molecule has 1 aromatic carbocycles. The molecule has 2 aliphatic heterocycles. The Morgan fingerprint density at radius 2 is 1.92 bits per heavy atom. The molecule has 0 aromatic heterocycles. The minimum atomic E-state index is 0.168. The molecule has 0 bridgehead atoms. The maximum atomic E-state index is 13.0. The Balaban J connectivity index is 1.50. The van der Waals surface area contributed by atoms with Crippen LogP contribution in [0.15, 0.2) is 18.2 Å². The standard InChI is InChI=1S/C20H26N2O2/c1-21-18-10-11-22(13-17(18)6-3-7-19(21)23)20(24)16-9-8-14-4-2-5-15(14)12-16/h8-9,12,17-18H,2-7,10-11,13H2,1H3/t17-,18+/m0/s1. The summed E-state index contributed by atoms with van der Waals surface area (Å²) in [5, 5.41) is 0. The van der Waals surface area contributed by atoms with E-state index in [9.17, 15) is 9.59 Å². The SMILES string of the molecule is CN1C(=O)CCC[C@H]2CN(C(=O)c3ccc4c(c3)CCC4)CC[C@H]21. The first-order chi connectivity index (χ1) is 11.6. The van der Waals surface area contributed by atoms with Gasteiger partial charge in [-0.2, -0.15) is 0 Å². The van der Waals surface area contributed by atoms with Crippen LogP contribution in [0.1, 0.15) is 53.6 Å². The number of amides is 2. The first-order valence-electron chi connectivity index (χ1n) is 9.30. The Morgan fingerprint density at radius 1 is 1.08 bits per heavy atom. The molecule has 1 aromatic rings. The third-order valence-corrected chi connectivity index (χ3v) is 6.18. The zero-order chi connectivity index (χ0) is 16.7. The van der Waals surface area contributed by atoms with Crippen molar-refractivity contribution >= 4 is 11.8 Å². The summed E-state index contributed by atoms with van der Waals surface area (Å²) < 4.78 is 0. The van der Waals surface area contributed by atoms with Gasteiger partial charge in [-0.25, -0.2) is 0 Å². The molecule has 2 saturated heterocycles. The van der Waals surface area contributed by atoms with Crippen LogP contribution < -0.4 is 0 Å². The van der Waals surface area contributed by atoms with Crippen molar-refractivity contribution in [2.24, 2.45) is 5.92 Å². The van der Waals surface area contributed by atoms with Crippen LogP contribution in [-0.2, 0) is 17.6 Å². The largest absolute Gasteiger partial charge is 0.342 e. The lowest BCUT2D eigenvalue weighted by Gasteiger charge is -2.41. The van der Waals surface area contributed by atoms with Gasteiger partial charge in [-0.3, -0.25) is 9.59 Å². The summed E-state index contributed by atoms with van der Waals surface area (Å²) in [4.78, 5) is 29.0. The van der Waals surface area contributed by atoms with Crippen LogP contribution in [0.4, 0.5) is 0 Å². The Kier molecular flexibility index (Phi) is 4.07. The van der Waals surface area contributed by atoms with Gasteiger partial charge in [0, 0.05) is 38.2 Å². The lowest BCUT2D eigenvalue weighted by atomic mass is 9.88. The number of nitrogens with zero attached hydrogens (tertiary/aromatic N) is 2. The van der Waals surface area contributed by atoms with Crippen molar-refractivity contribution in [1.29, 1.82) is 0 Å². The van der Waals surface area contributed by atoms with E-state index in [1.165, 1.54) is 17.5 Å². The summed E-state index contributed by atoms with van der Waals surface area (Å²) in [5.74, 6) is 0.857. The summed E-state index contributed by atoms with van der Waals surface area (Å²) >= 11 is 0. The number of carbonyl (C=O) groups is 2. The van der Waals surface area contributed by atoms with Gasteiger partial charge in [-0.05, 0) is 67.7 Å². The van der Waals surface area contributed by atoms with E-state index in [0.29, 0.717) is 18.4 Å². The molecule has 0 unspecified atom stereocenters. The second kappa shape index (κ2) is 6.23. The van der Waals surface area contributed by atoms with E-state index < -0.39 is 0 Å². The zero-order valence-corrected chi connectivity index (χ0v) is 14.5. The van der Waals surface area contributed by atoms with Gasteiger partial charge in [0.25, 0.3) is 5.91 Å². The van der Waals surface area contributed by atoms with Crippen LogP contribution in [-0.4, -0.2) is 47.8 Å². The van der Waals surface area contributed by atoms with Crippen LogP contribution in [0.3, 0.4) is 0 Å². The quantitative estimate of drug-likeness (QED) is 0.796. The van der Waals surface area contributed by atoms with Gasteiger partial charge in [-0.1, -0.05) is 6.07 Å². The fourth-order valence-electron chi connectivity index (χ4n) is 4.76. The molecule has 0 radical (unpaired) electrons. The molecule has 4 heteroatoms. The molecule has 0 saturated carbocycles. The second-order valence-electron chi connectivity index (χ2n) is 7.60. The Hall–Kier alpha value is -1.84. The van der Waals surface area contributed by atoms with Gasteiger partial charge in [0.2, 0.25) is 5.91 Å². The molecule has 24 heavy (non-hydrogen) atoms. The Morgan fingerprint density at radius 3 is 2.79 bits per heavy atom. The van der Waals surface area contributed by atoms with Crippen molar-refractivity contribution in [1.82, 2.24) is 9.80 Å². The monoisotopic (exact) mass is 326 g/mol. The van der Waals surface area contributed by atoms with E-state index in [1.807, 2.05) is 22.9 Å². The van der Waals surface area contributed by atoms with E-state index in [2.05, 4.69) is 12.1 Å². The first-order valence-corrected chi connectivity index (χ1v) is 9.30. The van der Waals surface area contributed by atoms with Crippen LogP contribution in [0.25, 0.3) is 0 Å². The van der Waals surface area contributed by atoms with Crippen molar-refractivity contribution in [2.75, 3.05) is 20.1 Å². The summed E-state index contributed by atoms with van der Waals surface area (Å²) in [7, 11) is 1.93. The number of likely N-dealkylation sites (tertiary alicyclic amines) is 2. The average Bonchev–Trinajstić information content (AvgIpc) is 3.02. The normalized spacial score (nSPS) is 26.8. The van der Waals surface area contributed by atoms with E-state index in [1.54, 1.807) is 0 Å². The number of fused-ring (bicyclic) bond motifs is 2. The van der Waals surface area contributed by atoms with E-state index in [4.69, 9.17) is 0 Å². The molecule has 4 rings (SSSR count). The molecule has 0 N–H and O–H groups in total. The second-order valence-corrected chi connectivity index (χ2v) is 7.60. The minimum absolute atomic E-state index is 0.168. The summed E-state index contributed by atoms with van der Waals surface area (Å²) in [6.07, 6.45) is 7.03. The van der Waals surface area contributed by atoms with Crippen molar-refractivity contribution < 1.29 is 9.59 Å². The van der Waals surface area contributed by atoms with Gasteiger partial charge >= 0.3 is 0 Å². The average molecular weight is 326 g/mol. The lowest BCUT2D eigenvalue weighted by molar-refractivity contribution is -0.132. The maximum absolute atomic E-state index is 13.0. The highest BCUT2D eigenvalue weighted by Gasteiger charge is 2.37. The van der Waals surface area contributed by atoms with Crippen LogP contribution in [0, 0.1) is 5.92 Å². The number of hydrogen-bond acceptors (Lipinski definition) is 2. The fourth-order valence-corrected chi connectivity index (χ4v) is 4.76. The van der Waals surface area contributed by atoms with Gasteiger partial charge in [0.15, 0.2) is 0 Å².